The SMILES string of the molecule is CC(C)OC(=O)[C@H](C)NP(=O)(Oc1c(F)c(F)c(F)c(F)c1F)Oc1cccc2[nH]c3ccccc3c12. The number of fused-ring (bicyclic) bond motifs is 3. The number of hydrogen-bond acceptors (Lipinski definition) is 5. The molecule has 1 aromatic heterocycles. The van der Waals surface area contributed by atoms with E-state index in [1.165, 1.54) is 19.1 Å². The van der Waals surface area contributed by atoms with Crippen molar-refractivity contribution >= 4 is 35.5 Å². The highest BCUT2D eigenvalue weighted by molar-refractivity contribution is 7.52. The van der Waals surface area contributed by atoms with Crippen LogP contribution in [0.25, 0.3) is 21.8 Å². The van der Waals surface area contributed by atoms with Gasteiger partial charge < -0.3 is 18.8 Å². The van der Waals surface area contributed by atoms with Crippen LogP contribution in [0.1, 0.15) is 20.8 Å². The molecule has 0 aliphatic heterocycles. The summed E-state index contributed by atoms with van der Waals surface area (Å²) in [4.78, 5) is 15.4. The summed E-state index contributed by atoms with van der Waals surface area (Å²) in [5.74, 6) is -14.7. The molecule has 1 unspecified atom stereocenters. The first-order chi connectivity index (χ1) is 17.4. The van der Waals surface area contributed by atoms with Gasteiger partial charge in [0.25, 0.3) is 0 Å². The smallest absolute Gasteiger partial charge is 0.462 e. The first kappa shape index (κ1) is 26.4. The molecule has 13 heteroatoms. The summed E-state index contributed by atoms with van der Waals surface area (Å²) in [6, 6.07) is 10.0. The zero-order valence-corrected chi connectivity index (χ0v) is 20.5. The van der Waals surface area contributed by atoms with Gasteiger partial charge in [-0.15, -0.1) is 0 Å². The molecule has 4 rings (SSSR count). The Bertz CT molecular complexity index is 1530. The summed E-state index contributed by atoms with van der Waals surface area (Å²) in [5.41, 5.74) is 1.19. The van der Waals surface area contributed by atoms with E-state index in [4.69, 9.17) is 13.8 Å². The third-order valence-corrected chi connectivity index (χ3v) is 6.71. The lowest BCUT2D eigenvalue weighted by molar-refractivity contribution is -0.149. The molecule has 2 atom stereocenters. The number of H-pyrrole nitrogens is 1. The fourth-order valence-electron chi connectivity index (χ4n) is 3.55. The summed E-state index contributed by atoms with van der Waals surface area (Å²) < 4.78 is 99.2. The van der Waals surface area contributed by atoms with Gasteiger partial charge in [0.1, 0.15) is 11.8 Å². The molecule has 0 aliphatic carbocycles. The first-order valence-electron chi connectivity index (χ1n) is 10.9. The average molecular weight is 542 g/mol. The number of aromatic amines is 1. The standard InChI is InChI=1S/C24H20F5N2O5P/c1-11(2)34-24(32)12(3)31-37(33,36-23-21(28)19(26)18(25)20(27)22(23)29)35-16-10-6-9-15-17(16)13-7-4-5-8-14(13)30-15/h4-12,30H,1-3H3,(H,31,33)/t12-,37?/m0/s1. The van der Waals surface area contributed by atoms with E-state index in [9.17, 15) is 31.3 Å². The average Bonchev–Trinajstić information content (AvgIpc) is 3.23. The number of para-hydroxylation sites is 1. The van der Waals surface area contributed by atoms with E-state index in [-0.39, 0.29) is 5.75 Å². The summed E-state index contributed by atoms with van der Waals surface area (Å²) in [6.45, 7) is 4.28. The molecule has 0 amide bonds. The number of rotatable bonds is 8. The fourth-order valence-corrected chi connectivity index (χ4v) is 5.09. The Labute approximate surface area is 207 Å². The number of nitrogens with one attached hydrogen (secondary N) is 2. The van der Waals surface area contributed by atoms with E-state index in [1.807, 2.05) is 0 Å². The number of esters is 1. The van der Waals surface area contributed by atoms with Crippen LogP contribution >= 0.6 is 7.75 Å². The number of carbonyl (C=O) groups excluding carboxylic acids is 1. The largest absolute Gasteiger partial charge is 0.513 e. The maximum atomic E-state index is 14.4. The van der Waals surface area contributed by atoms with Crippen molar-refractivity contribution in [3.63, 3.8) is 0 Å². The fraction of sp³-hybridized carbons (Fsp3) is 0.208. The van der Waals surface area contributed by atoms with Crippen LogP contribution in [0.15, 0.2) is 42.5 Å². The van der Waals surface area contributed by atoms with E-state index in [0.29, 0.717) is 21.8 Å². The van der Waals surface area contributed by atoms with Gasteiger partial charge >= 0.3 is 13.7 Å². The molecule has 2 N–H and O–H groups in total. The van der Waals surface area contributed by atoms with Crippen molar-refractivity contribution in [2.75, 3.05) is 0 Å². The van der Waals surface area contributed by atoms with E-state index >= 15 is 0 Å². The maximum absolute atomic E-state index is 14.4. The maximum Gasteiger partial charge on any atom is 0.513 e. The van der Waals surface area contributed by atoms with Crippen LogP contribution in [-0.2, 0) is 14.1 Å². The van der Waals surface area contributed by atoms with Crippen molar-refractivity contribution in [1.29, 1.82) is 0 Å². The van der Waals surface area contributed by atoms with Crippen LogP contribution < -0.4 is 14.1 Å². The van der Waals surface area contributed by atoms with Gasteiger partial charge in [-0.2, -0.15) is 13.9 Å². The predicted molar refractivity (Wildman–Crippen MR) is 125 cm³/mol. The van der Waals surface area contributed by atoms with Crippen LogP contribution in [0.5, 0.6) is 11.5 Å². The summed E-state index contributed by atoms with van der Waals surface area (Å²) in [7, 11) is -5.08. The lowest BCUT2D eigenvalue weighted by Gasteiger charge is -2.24. The van der Waals surface area contributed by atoms with Crippen LogP contribution in [0.2, 0.25) is 0 Å². The summed E-state index contributed by atoms with van der Waals surface area (Å²) in [5, 5.41) is 3.16. The van der Waals surface area contributed by atoms with Gasteiger partial charge in [-0.05, 0) is 39.0 Å². The molecule has 0 bridgehead atoms. The van der Waals surface area contributed by atoms with Crippen LogP contribution in [0, 0.1) is 29.1 Å². The third kappa shape index (κ3) is 5.12. The minimum Gasteiger partial charge on any atom is -0.462 e. The highest BCUT2D eigenvalue weighted by Gasteiger charge is 2.39. The Morgan fingerprint density at radius 3 is 2.08 bits per heavy atom. The van der Waals surface area contributed by atoms with Crippen LogP contribution in [0.3, 0.4) is 0 Å². The predicted octanol–water partition coefficient (Wildman–Crippen LogP) is 6.51. The second-order valence-electron chi connectivity index (χ2n) is 8.26. The van der Waals surface area contributed by atoms with Crippen LogP contribution in [0.4, 0.5) is 22.0 Å². The highest BCUT2D eigenvalue weighted by atomic mass is 31.2. The van der Waals surface area contributed by atoms with Gasteiger partial charge in [-0.25, -0.2) is 17.7 Å². The van der Waals surface area contributed by atoms with Crippen molar-refractivity contribution in [2.24, 2.45) is 0 Å². The van der Waals surface area contributed by atoms with Crippen LogP contribution in [-0.4, -0.2) is 23.1 Å². The lowest BCUT2D eigenvalue weighted by Crippen LogP contribution is -2.37. The van der Waals surface area contributed by atoms with Crippen molar-refractivity contribution in [3.05, 3.63) is 71.6 Å². The number of aromatic nitrogens is 1. The van der Waals surface area contributed by atoms with E-state index in [0.717, 1.165) is 0 Å². The third-order valence-electron chi connectivity index (χ3n) is 5.15. The Morgan fingerprint density at radius 2 is 1.43 bits per heavy atom. The van der Waals surface area contributed by atoms with E-state index in [1.54, 1.807) is 44.2 Å². The van der Waals surface area contributed by atoms with E-state index in [2.05, 4.69) is 10.1 Å². The van der Waals surface area contributed by atoms with Gasteiger partial charge in [0.15, 0.2) is 0 Å². The number of halogens is 5. The van der Waals surface area contributed by atoms with Gasteiger partial charge in [-0.1, -0.05) is 24.3 Å². The molecule has 3 aromatic carbocycles. The Balaban J connectivity index is 1.82. The van der Waals surface area contributed by atoms with Gasteiger partial charge in [-0.3, -0.25) is 4.79 Å². The molecule has 0 aliphatic rings. The summed E-state index contributed by atoms with van der Waals surface area (Å²) in [6.07, 6.45) is -0.576. The number of hydrogen-bond donors (Lipinski definition) is 2. The second-order valence-corrected chi connectivity index (χ2v) is 9.88. The Hall–Kier alpha value is -3.63. The zero-order chi connectivity index (χ0) is 27.1. The molecule has 1 heterocycles. The molecular weight excluding hydrogens is 522 g/mol. The first-order valence-corrected chi connectivity index (χ1v) is 12.4. The summed E-state index contributed by atoms with van der Waals surface area (Å²) >= 11 is 0. The Morgan fingerprint density at radius 1 is 0.838 bits per heavy atom. The minimum absolute atomic E-state index is 0.126. The lowest BCUT2D eigenvalue weighted by atomic mass is 10.1. The number of carbonyl (C=O) groups is 1. The molecule has 37 heavy (non-hydrogen) atoms. The molecule has 0 saturated heterocycles. The molecule has 0 saturated carbocycles. The van der Waals surface area contributed by atoms with E-state index < -0.39 is 60.7 Å². The van der Waals surface area contributed by atoms with Crippen molar-refractivity contribution in [3.8, 4) is 11.5 Å². The second kappa shape index (κ2) is 10.0. The van der Waals surface area contributed by atoms with Crippen molar-refractivity contribution in [2.45, 2.75) is 32.9 Å². The number of ether oxygens (including phenoxy) is 1. The molecule has 0 radical (unpaired) electrons. The molecular formula is C24H20F5N2O5P. The Kier molecular flexibility index (Phi) is 7.16. The number of benzene rings is 3. The zero-order valence-electron chi connectivity index (χ0n) is 19.6. The topological polar surface area (TPSA) is 89.7 Å². The molecule has 0 spiro atoms. The minimum atomic E-state index is -5.08. The van der Waals surface area contributed by atoms with Gasteiger partial charge in [0, 0.05) is 16.3 Å². The molecule has 4 aromatic rings. The molecule has 0 fully saturated rings. The van der Waals surface area contributed by atoms with Crippen molar-refractivity contribution < 1.29 is 45.1 Å². The van der Waals surface area contributed by atoms with Gasteiger partial charge in [0.2, 0.25) is 34.8 Å². The highest BCUT2D eigenvalue weighted by Crippen LogP contribution is 2.49. The van der Waals surface area contributed by atoms with Gasteiger partial charge in [0.05, 0.1) is 11.6 Å². The van der Waals surface area contributed by atoms with Crippen molar-refractivity contribution in [1.82, 2.24) is 10.1 Å². The molecule has 196 valence electrons. The normalized spacial score (nSPS) is 14.1. The quantitative estimate of drug-likeness (QED) is 0.0868. The molecule has 7 nitrogen and oxygen atoms in total. The monoisotopic (exact) mass is 542 g/mol.